The molecule has 0 aliphatic rings. The maximum atomic E-state index is 11.5. The molecule has 0 unspecified atom stereocenters. The number of anilines is 1. The van der Waals surface area contributed by atoms with Gasteiger partial charge in [-0.3, -0.25) is 5.43 Å². The van der Waals surface area contributed by atoms with Crippen molar-refractivity contribution < 1.29 is 19.8 Å². The fraction of sp³-hybridized carbons (Fsp3) is 0.0526. The van der Waals surface area contributed by atoms with Gasteiger partial charge in [-0.05, 0) is 29.8 Å². The molecule has 2 aromatic carbocycles. The molecule has 10 heteroatoms. The number of rotatable bonds is 7. The molecule has 0 saturated heterocycles. The molecule has 1 aromatic heterocycles. The summed E-state index contributed by atoms with van der Waals surface area (Å²) in [5, 5.41) is 25.3. The Kier molecular flexibility index (Phi) is 6.48. The van der Waals surface area contributed by atoms with Crippen LogP contribution in [0.3, 0.4) is 0 Å². The number of benzene rings is 2. The number of thiazole rings is 1. The van der Waals surface area contributed by atoms with Crippen LogP contribution < -0.4 is 5.43 Å². The van der Waals surface area contributed by atoms with E-state index in [4.69, 9.17) is 28.3 Å². The van der Waals surface area contributed by atoms with E-state index in [1.165, 1.54) is 23.5 Å². The average molecular weight is 450 g/mol. The van der Waals surface area contributed by atoms with Gasteiger partial charge < -0.3 is 10.2 Å². The van der Waals surface area contributed by atoms with Crippen LogP contribution >= 0.6 is 34.5 Å². The number of carboxylic acids is 2. The number of carbonyl (C=O) groups is 2. The number of hydrogen-bond acceptors (Lipinski definition) is 6. The fourth-order valence-corrected chi connectivity index (χ4v) is 3.31. The molecule has 0 aliphatic heterocycles. The monoisotopic (exact) mass is 449 g/mol. The molecule has 0 aliphatic carbocycles. The molecule has 7 nitrogen and oxygen atoms in total. The van der Waals surface area contributed by atoms with Gasteiger partial charge >= 0.3 is 11.9 Å². The van der Waals surface area contributed by atoms with E-state index in [9.17, 15) is 14.7 Å². The maximum absolute atomic E-state index is 11.5. The standard InChI is InChI=1S/C19H13Cl2N3O4S/c20-13-6-5-12(8-14(13)21)16-9-29-19(22-16)24-23-15(18(27)28)7-10-1-3-11(4-2-10)17(25)26/h1-6,8-9H,7H2,(H,22,24)(H,25,26)(H,27,28)/b23-15+. The summed E-state index contributed by atoms with van der Waals surface area (Å²) in [7, 11) is 0. The van der Waals surface area contributed by atoms with E-state index < -0.39 is 11.9 Å². The Hall–Kier alpha value is -2.94. The van der Waals surface area contributed by atoms with E-state index in [0.29, 0.717) is 26.4 Å². The lowest BCUT2D eigenvalue weighted by Gasteiger charge is -2.03. The zero-order valence-corrected chi connectivity index (χ0v) is 16.9. The second kappa shape index (κ2) is 9.04. The minimum atomic E-state index is -1.19. The SMILES string of the molecule is O=C(O)/C(Cc1ccc(C(=O)O)cc1)=N/Nc1nc(-c2ccc(Cl)c(Cl)c2)cs1. The normalized spacial score (nSPS) is 11.3. The number of aromatic carboxylic acids is 1. The highest BCUT2D eigenvalue weighted by molar-refractivity contribution is 7.14. The highest BCUT2D eigenvalue weighted by atomic mass is 35.5. The van der Waals surface area contributed by atoms with Gasteiger partial charge in [0.25, 0.3) is 0 Å². The van der Waals surface area contributed by atoms with Crippen LogP contribution in [0.25, 0.3) is 11.3 Å². The number of nitrogens with zero attached hydrogens (tertiary/aromatic N) is 2. The molecule has 0 saturated carbocycles. The smallest absolute Gasteiger partial charge is 0.352 e. The van der Waals surface area contributed by atoms with Gasteiger partial charge in [0.1, 0.15) is 5.71 Å². The molecule has 0 radical (unpaired) electrons. The van der Waals surface area contributed by atoms with E-state index in [-0.39, 0.29) is 17.7 Å². The van der Waals surface area contributed by atoms with Crippen molar-refractivity contribution in [3.63, 3.8) is 0 Å². The highest BCUT2D eigenvalue weighted by Crippen LogP contribution is 2.30. The molecule has 3 rings (SSSR count). The second-order valence-corrected chi connectivity index (χ2v) is 7.49. The summed E-state index contributed by atoms with van der Waals surface area (Å²) >= 11 is 13.2. The quantitative estimate of drug-likeness (QED) is 0.348. The molecule has 3 aromatic rings. The van der Waals surface area contributed by atoms with Gasteiger partial charge in [0.15, 0.2) is 0 Å². The lowest BCUT2D eigenvalue weighted by atomic mass is 10.1. The van der Waals surface area contributed by atoms with Crippen molar-refractivity contribution in [1.82, 2.24) is 4.98 Å². The van der Waals surface area contributed by atoms with Crippen molar-refractivity contribution in [1.29, 1.82) is 0 Å². The Bertz CT molecular complexity index is 1100. The predicted molar refractivity (Wildman–Crippen MR) is 113 cm³/mol. The zero-order chi connectivity index (χ0) is 21.0. The van der Waals surface area contributed by atoms with Gasteiger partial charge in [-0.2, -0.15) is 5.10 Å². The third kappa shape index (κ3) is 5.32. The molecular formula is C19H13Cl2N3O4S. The van der Waals surface area contributed by atoms with Crippen molar-refractivity contribution in [2.45, 2.75) is 6.42 Å². The predicted octanol–water partition coefficient (Wildman–Crippen LogP) is 4.91. The van der Waals surface area contributed by atoms with Gasteiger partial charge in [-0.1, -0.05) is 41.4 Å². The van der Waals surface area contributed by atoms with Crippen molar-refractivity contribution in [2.24, 2.45) is 5.10 Å². The molecule has 29 heavy (non-hydrogen) atoms. The molecule has 148 valence electrons. The summed E-state index contributed by atoms with van der Waals surface area (Å²) in [6.07, 6.45) is 0.0211. The molecule has 1 heterocycles. The number of aromatic nitrogens is 1. The van der Waals surface area contributed by atoms with Crippen molar-refractivity contribution in [3.05, 3.63) is 69.0 Å². The fourth-order valence-electron chi connectivity index (χ4n) is 2.35. The van der Waals surface area contributed by atoms with E-state index in [0.717, 1.165) is 5.56 Å². The molecule has 3 N–H and O–H groups in total. The molecule has 0 atom stereocenters. The van der Waals surface area contributed by atoms with Crippen molar-refractivity contribution in [2.75, 3.05) is 5.43 Å². The number of carboxylic acid groups (broad SMARTS) is 2. The Labute approximate surface area is 179 Å². The summed E-state index contributed by atoms with van der Waals surface area (Å²) in [6, 6.07) is 11.1. The van der Waals surface area contributed by atoms with Crippen LogP contribution in [-0.2, 0) is 11.2 Å². The highest BCUT2D eigenvalue weighted by Gasteiger charge is 2.13. The molecular weight excluding hydrogens is 437 g/mol. The van der Waals surface area contributed by atoms with Gasteiger partial charge in [0, 0.05) is 17.4 Å². The van der Waals surface area contributed by atoms with Gasteiger partial charge in [0.05, 0.1) is 21.3 Å². The maximum Gasteiger partial charge on any atom is 0.352 e. The molecule has 0 amide bonds. The minimum absolute atomic E-state index is 0.0211. The molecule has 0 fully saturated rings. The summed E-state index contributed by atoms with van der Waals surface area (Å²) < 4.78 is 0. The third-order valence-electron chi connectivity index (χ3n) is 3.83. The first-order valence-corrected chi connectivity index (χ1v) is 9.76. The first kappa shape index (κ1) is 20.8. The Balaban J connectivity index is 1.73. The average Bonchev–Trinajstić information content (AvgIpc) is 3.16. The lowest BCUT2D eigenvalue weighted by Crippen LogP contribution is -2.17. The third-order valence-corrected chi connectivity index (χ3v) is 5.31. The van der Waals surface area contributed by atoms with Crippen LogP contribution in [0.2, 0.25) is 10.0 Å². The van der Waals surface area contributed by atoms with E-state index in [1.54, 1.807) is 35.7 Å². The number of hydrazone groups is 1. The van der Waals surface area contributed by atoms with E-state index in [1.807, 2.05) is 0 Å². The first-order chi connectivity index (χ1) is 13.8. The Morgan fingerprint density at radius 1 is 1.07 bits per heavy atom. The second-order valence-electron chi connectivity index (χ2n) is 5.82. The van der Waals surface area contributed by atoms with Crippen molar-refractivity contribution >= 4 is 57.3 Å². The van der Waals surface area contributed by atoms with Crippen LogP contribution in [0.1, 0.15) is 15.9 Å². The first-order valence-electron chi connectivity index (χ1n) is 8.12. The van der Waals surface area contributed by atoms with Gasteiger partial charge in [0.2, 0.25) is 5.13 Å². The number of hydrogen-bond donors (Lipinski definition) is 3. The van der Waals surface area contributed by atoms with Crippen LogP contribution in [0.5, 0.6) is 0 Å². The van der Waals surface area contributed by atoms with E-state index >= 15 is 0 Å². The van der Waals surface area contributed by atoms with Crippen LogP contribution in [0.15, 0.2) is 52.9 Å². The van der Waals surface area contributed by atoms with Crippen LogP contribution in [0.4, 0.5) is 5.13 Å². The van der Waals surface area contributed by atoms with Crippen LogP contribution in [-0.4, -0.2) is 32.8 Å². The molecule has 0 bridgehead atoms. The summed E-state index contributed by atoms with van der Waals surface area (Å²) in [4.78, 5) is 26.7. The minimum Gasteiger partial charge on any atom is -0.478 e. The number of nitrogens with one attached hydrogen (secondary N) is 1. The van der Waals surface area contributed by atoms with E-state index in [2.05, 4.69) is 15.5 Å². The summed E-state index contributed by atoms with van der Waals surface area (Å²) in [6.45, 7) is 0. The summed E-state index contributed by atoms with van der Waals surface area (Å²) in [5.74, 6) is -2.24. The van der Waals surface area contributed by atoms with Crippen molar-refractivity contribution in [3.8, 4) is 11.3 Å². The Morgan fingerprint density at radius 3 is 2.41 bits per heavy atom. The number of aliphatic carboxylic acids is 1. The Morgan fingerprint density at radius 2 is 1.79 bits per heavy atom. The molecule has 0 spiro atoms. The topological polar surface area (TPSA) is 112 Å². The lowest BCUT2D eigenvalue weighted by molar-refractivity contribution is -0.129. The largest absolute Gasteiger partial charge is 0.478 e. The van der Waals surface area contributed by atoms with Gasteiger partial charge in [-0.25, -0.2) is 14.6 Å². The number of halogens is 2. The summed E-state index contributed by atoms with van der Waals surface area (Å²) in [5.41, 5.74) is 4.67. The van der Waals surface area contributed by atoms with Crippen LogP contribution in [0, 0.1) is 0 Å². The van der Waals surface area contributed by atoms with Gasteiger partial charge in [-0.15, -0.1) is 11.3 Å². The zero-order valence-electron chi connectivity index (χ0n) is 14.6.